The fourth-order valence-electron chi connectivity index (χ4n) is 3.17. The zero-order valence-corrected chi connectivity index (χ0v) is 17.2. The minimum atomic E-state index is -0.781. The smallest absolute Gasteiger partial charge is 0.317 e. The van der Waals surface area contributed by atoms with Crippen LogP contribution in [0.15, 0.2) is 18.2 Å². The summed E-state index contributed by atoms with van der Waals surface area (Å²) in [6.07, 6.45) is 1.96. The average Bonchev–Trinajstić information content (AvgIpc) is 2.67. The van der Waals surface area contributed by atoms with Gasteiger partial charge < -0.3 is 24.8 Å². The van der Waals surface area contributed by atoms with Crippen LogP contribution in [0.4, 0.5) is 4.79 Å². The molecule has 7 nitrogen and oxygen atoms in total. The Balaban J connectivity index is 1.93. The molecule has 1 fully saturated rings. The lowest BCUT2D eigenvalue weighted by atomic mass is 9.97. The normalized spacial score (nSPS) is 16.0. The first kappa shape index (κ1) is 21.9. The number of hydrogen-bond acceptors (Lipinski definition) is 4. The molecule has 1 aliphatic heterocycles. The first-order valence-electron chi connectivity index (χ1n) is 9.90. The lowest BCUT2D eigenvalue weighted by Gasteiger charge is -2.31. The molecular weight excluding hydrogens is 360 g/mol. The number of nitrogens with one attached hydrogen (secondary N) is 1. The van der Waals surface area contributed by atoms with Crippen LogP contribution >= 0.6 is 0 Å². The van der Waals surface area contributed by atoms with Crippen LogP contribution in [0.1, 0.15) is 51.6 Å². The number of rotatable bonds is 8. The fraction of sp³-hybridized carbons (Fsp3) is 0.619. The highest BCUT2D eigenvalue weighted by molar-refractivity contribution is 5.76. The van der Waals surface area contributed by atoms with Crippen LogP contribution in [0, 0.1) is 11.8 Å². The van der Waals surface area contributed by atoms with Crippen LogP contribution in [0.5, 0.6) is 11.5 Å². The number of hydrogen-bond donors (Lipinski definition) is 2. The molecule has 1 saturated heterocycles. The second kappa shape index (κ2) is 10.2. The van der Waals surface area contributed by atoms with Gasteiger partial charge in [-0.3, -0.25) is 4.79 Å². The minimum Gasteiger partial charge on any atom is -0.493 e. The van der Waals surface area contributed by atoms with E-state index in [1.165, 1.54) is 0 Å². The number of amides is 2. The number of urea groups is 1. The van der Waals surface area contributed by atoms with Crippen molar-refractivity contribution in [3.05, 3.63) is 23.8 Å². The monoisotopic (exact) mass is 392 g/mol. The number of carbonyl (C=O) groups is 2. The molecule has 156 valence electrons. The Bertz CT molecular complexity index is 669. The largest absolute Gasteiger partial charge is 0.493 e. The van der Waals surface area contributed by atoms with E-state index >= 15 is 0 Å². The zero-order chi connectivity index (χ0) is 20.7. The third-order valence-electron chi connectivity index (χ3n) is 5.11. The maximum atomic E-state index is 12.5. The van der Waals surface area contributed by atoms with E-state index in [4.69, 9.17) is 14.6 Å². The van der Waals surface area contributed by atoms with Crippen molar-refractivity contribution in [2.75, 3.05) is 26.8 Å². The molecule has 0 aliphatic carbocycles. The number of methoxy groups -OCH3 is 1. The number of carbonyl (C=O) groups excluding carboxylic acids is 1. The van der Waals surface area contributed by atoms with Crippen molar-refractivity contribution in [1.82, 2.24) is 10.2 Å². The van der Waals surface area contributed by atoms with Crippen molar-refractivity contribution < 1.29 is 24.2 Å². The number of piperidine rings is 1. The fourth-order valence-corrected chi connectivity index (χ4v) is 3.17. The van der Waals surface area contributed by atoms with Crippen molar-refractivity contribution in [1.29, 1.82) is 0 Å². The summed E-state index contributed by atoms with van der Waals surface area (Å²) >= 11 is 0. The number of likely N-dealkylation sites (tertiary alicyclic amines) is 1. The second-order valence-electron chi connectivity index (χ2n) is 7.71. The van der Waals surface area contributed by atoms with Gasteiger partial charge in [-0.05, 0) is 49.8 Å². The van der Waals surface area contributed by atoms with Gasteiger partial charge in [0, 0.05) is 13.1 Å². The molecule has 2 amide bonds. The average molecular weight is 392 g/mol. The first-order chi connectivity index (χ1) is 13.3. The number of carboxylic acids is 1. The maximum Gasteiger partial charge on any atom is 0.317 e. The van der Waals surface area contributed by atoms with E-state index in [-0.39, 0.29) is 18.0 Å². The lowest BCUT2D eigenvalue weighted by molar-refractivity contribution is -0.143. The first-order valence-corrected chi connectivity index (χ1v) is 9.90. The highest BCUT2D eigenvalue weighted by Crippen LogP contribution is 2.30. The Morgan fingerprint density at radius 1 is 1.21 bits per heavy atom. The van der Waals surface area contributed by atoms with Gasteiger partial charge in [0.25, 0.3) is 0 Å². The Morgan fingerprint density at radius 2 is 1.89 bits per heavy atom. The molecule has 1 aromatic carbocycles. The summed E-state index contributed by atoms with van der Waals surface area (Å²) < 4.78 is 11.3. The van der Waals surface area contributed by atoms with Gasteiger partial charge in [-0.25, -0.2) is 4.79 Å². The number of aliphatic carboxylic acids is 1. The molecule has 0 bridgehead atoms. The predicted octanol–water partition coefficient (Wildman–Crippen LogP) is 3.69. The second-order valence-corrected chi connectivity index (χ2v) is 7.71. The standard InChI is InChI=1S/C21H32N2O5/c1-14(2)9-12-28-18-6-5-17(13-19(18)27-4)15(3)22-21(26)23-10-7-16(8-11-23)20(24)25/h5-6,13-16H,7-12H2,1-4H3,(H,22,26)(H,24,25). The zero-order valence-electron chi connectivity index (χ0n) is 17.2. The molecule has 2 N–H and O–H groups in total. The third-order valence-corrected chi connectivity index (χ3v) is 5.11. The predicted molar refractivity (Wildman–Crippen MR) is 107 cm³/mol. The van der Waals surface area contributed by atoms with E-state index < -0.39 is 5.97 Å². The van der Waals surface area contributed by atoms with Crippen LogP contribution in [0.2, 0.25) is 0 Å². The summed E-state index contributed by atoms with van der Waals surface area (Å²) in [6, 6.07) is 5.30. The molecule has 1 aliphatic rings. The van der Waals surface area contributed by atoms with Gasteiger partial charge in [0.2, 0.25) is 0 Å². The number of benzene rings is 1. The van der Waals surface area contributed by atoms with Gasteiger partial charge in [0.15, 0.2) is 11.5 Å². The highest BCUT2D eigenvalue weighted by atomic mass is 16.5. The molecule has 1 aromatic rings. The molecule has 0 spiro atoms. The molecule has 1 unspecified atom stereocenters. The van der Waals surface area contributed by atoms with Gasteiger partial charge in [-0.15, -0.1) is 0 Å². The van der Waals surface area contributed by atoms with Crippen molar-refractivity contribution in [3.63, 3.8) is 0 Å². The van der Waals surface area contributed by atoms with Crippen LogP contribution in [0.25, 0.3) is 0 Å². The summed E-state index contributed by atoms with van der Waals surface area (Å²) in [5, 5.41) is 12.1. The molecule has 1 atom stereocenters. The van der Waals surface area contributed by atoms with Crippen LogP contribution < -0.4 is 14.8 Å². The van der Waals surface area contributed by atoms with Crippen LogP contribution in [0.3, 0.4) is 0 Å². The van der Waals surface area contributed by atoms with Crippen molar-refractivity contribution >= 4 is 12.0 Å². The van der Waals surface area contributed by atoms with Crippen molar-refractivity contribution in [3.8, 4) is 11.5 Å². The molecule has 7 heteroatoms. The molecule has 0 aromatic heterocycles. The maximum absolute atomic E-state index is 12.5. The minimum absolute atomic E-state index is 0.174. The van der Waals surface area contributed by atoms with Gasteiger partial charge in [0.1, 0.15) is 0 Å². The Kier molecular flexibility index (Phi) is 7.96. The summed E-state index contributed by atoms with van der Waals surface area (Å²) in [7, 11) is 1.60. The Labute approximate surface area is 167 Å². The van der Waals surface area contributed by atoms with E-state index in [2.05, 4.69) is 19.2 Å². The topological polar surface area (TPSA) is 88.1 Å². The van der Waals surface area contributed by atoms with E-state index in [0.29, 0.717) is 50.0 Å². The lowest BCUT2D eigenvalue weighted by Crippen LogP contribution is -2.46. The van der Waals surface area contributed by atoms with Gasteiger partial charge in [-0.1, -0.05) is 19.9 Å². The summed E-state index contributed by atoms with van der Waals surface area (Å²) in [5.41, 5.74) is 0.918. The van der Waals surface area contributed by atoms with Crippen LogP contribution in [-0.4, -0.2) is 48.8 Å². The third kappa shape index (κ3) is 6.04. The van der Waals surface area contributed by atoms with Gasteiger partial charge >= 0.3 is 12.0 Å². The van der Waals surface area contributed by atoms with E-state index in [9.17, 15) is 9.59 Å². The molecule has 1 heterocycles. The summed E-state index contributed by atoms with van der Waals surface area (Å²) in [5.74, 6) is 0.775. The Hall–Kier alpha value is -2.44. The summed E-state index contributed by atoms with van der Waals surface area (Å²) in [4.78, 5) is 25.2. The summed E-state index contributed by atoms with van der Waals surface area (Å²) in [6.45, 7) is 7.77. The molecule has 0 saturated carbocycles. The van der Waals surface area contributed by atoms with E-state index in [1.807, 2.05) is 25.1 Å². The number of carboxylic acid groups (broad SMARTS) is 1. The van der Waals surface area contributed by atoms with Gasteiger partial charge in [-0.2, -0.15) is 0 Å². The highest BCUT2D eigenvalue weighted by Gasteiger charge is 2.27. The van der Waals surface area contributed by atoms with E-state index in [0.717, 1.165) is 12.0 Å². The molecule has 0 radical (unpaired) electrons. The van der Waals surface area contributed by atoms with Crippen molar-refractivity contribution in [2.24, 2.45) is 11.8 Å². The molecule has 2 rings (SSSR count). The quantitative estimate of drug-likeness (QED) is 0.704. The number of nitrogens with zero attached hydrogens (tertiary/aromatic N) is 1. The Morgan fingerprint density at radius 3 is 2.46 bits per heavy atom. The SMILES string of the molecule is COc1cc(C(C)NC(=O)N2CCC(C(=O)O)CC2)ccc1OCCC(C)C. The number of ether oxygens (including phenoxy) is 2. The van der Waals surface area contributed by atoms with Gasteiger partial charge in [0.05, 0.1) is 25.7 Å². The van der Waals surface area contributed by atoms with Crippen LogP contribution in [-0.2, 0) is 4.79 Å². The molecular formula is C21H32N2O5. The van der Waals surface area contributed by atoms with E-state index in [1.54, 1.807) is 12.0 Å². The molecule has 28 heavy (non-hydrogen) atoms. The van der Waals surface area contributed by atoms with Crippen molar-refractivity contribution in [2.45, 2.75) is 46.1 Å².